The summed E-state index contributed by atoms with van der Waals surface area (Å²) in [5.41, 5.74) is 8.29. The second kappa shape index (κ2) is 7.23. The molecule has 7 heteroatoms. The third-order valence-corrected chi connectivity index (χ3v) is 5.38. The van der Waals surface area contributed by atoms with Crippen LogP contribution in [0, 0.1) is 27.7 Å². The highest BCUT2D eigenvalue weighted by Gasteiger charge is 2.19. The fraction of sp³-hybridized carbons (Fsp3) is 0.294. The highest BCUT2D eigenvalue weighted by atomic mass is 35.5. The molecule has 2 amide bonds. The van der Waals surface area contributed by atoms with E-state index in [0.717, 1.165) is 21.6 Å². The summed E-state index contributed by atoms with van der Waals surface area (Å²) in [5, 5.41) is 3.83. The average molecular weight is 367 g/mol. The van der Waals surface area contributed by atoms with Crippen molar-refractivity contribution in [2.75, 3.05) is 11.9 Å². The maximum atomic E-state index is 12.1. The van der Waals surface area contributed by atoms with Crippen molar-refractivity contribution in [1.29, 1.82) is 0 Å². The SMILES string of the molecule is Cc1cc(OCC(=O)Nc2sc(C)c(C)c2C(N)=O)cc(C)c1Cl. The van der Waals surface area contributed by atoms with Crippen molar-refractivity contribution in [3.05, 3.63) is 44.3 Å². The van der Waals surface area contributed by atoms with Gasteiger partial charge < -0.3 is 15.8 Å². The van der Waals surface area contributed by atoms with Crippen LogP contribution >= 0.6 is 22.9 Å². The highest BCUT2D eigenvalue weighted by molar-refractivity contribution is 7.16. The molecule has 1 heterocycles. The Balaban J connectivity index is 2.07. The number of benzene rings is 1. The molecule has 0 aliphatic carbocycles. The minimum atomic E-state index is -0.558. The van der Waals surface area contributed by atoms with Crippen molar-refractivity contribution in [2.24, 2.45) is 5.73 Å². The number of nitrogens with two attached hydrogens (primary N) is 1. The first-order chi connectivity index (χ1) is 11.2. The molecule has 0 fully saturated rings. The van der Waals surface area contributed by atoms with Crippen LogP contribution in [-0.4, -0.2) is 18.4 Å². The van der Waals surface area contributed by atoms with Gasteiger partial charge in [0.2, 0.25) is 0 Å². The van der Waals surface area contributed by atoms with E-state index in [1.165, 1.54) is 11.3 Å². The van der Waals surface area contributed by atoms with Crippen molar-refractivity contribution in [3.63, 3.8) is 0 Å². The van der Waals surface area contributed by atoms with Gasteiger partial charge in [-0.2, -0.15) is 0 Å². The zero-order valence-corrected chi connectivity index (χ0v) is 15.5. The topological polar surface area (TPSA) is 81.4 Å². The number of amides is 2. The highest BCUT2D eigenvalue weighted by Crippen LogP contribution is 2.32. The van der Waals surface area contributed by atoms with Crippen LogP contribution in [0.1, 0.15) is 31.9 Å². The molecule has 0 bridgehead atoms. The van der Waals surface area contributed by atoms with Crippen LogP contribution in [0.4, 0.5) is 5.00 Å². The molecule has 1 aromatic carbocycles. The van der Waals surface area contributed by atoms with Crippen molar-refractivity contribution in [3.8, 4) is 5.75 Å². The lowest BCUT2D eigenvalue weighted by Gasteiger charge is -2.10. The molecule has 2 rings (SSSR count). The molecule has 0 radical (unpaired) electrons. The number of halogens is 1. The van der Waals surface area contributed by atoms with Gasteiger partial charge >= 0.3 is 0 Å². The van der Waals surface area contributed by atoms with Gasteiger partial charge in [-0.15, -0.1) is 11.3 Å². The normalized spacial score (nSPS) is 10.5. The molecule has 3 N–H and O–H groups in total. The number of hydrogen-bond acceptors (Lipinski definition) is 4. The largest absolute Gasteiger partial charge is 0.484 e. The Labute approximate surface area is 149 Å². The van der Waals surface area contributed by atoms with Crippen LogP contribution in [0.25, 0.3) is 0 Å². The Morgan fingerprint density at radius 1 is 1.21 bits per heavy atom. The maximum Gasteiger partial charge on any atom is 0.262 e. The summed E-state index contributed by atoms with van der Waals surface area (Å²) in [4.78, 5) is 24.6. The Bertz CT molecular complexity index is 791. The van der Waals surface area contributed by atoms with Gasteiger partial charge in [-0.1, -0.05) is 11.6 Å². The van der Waals surface area contributed by atoms with Crippen molar-refractivity contribution in [2.45, 2.75) is 27.7 Å². The van der Waals surface area contributed by atoms with Crippen LogP contribution in [0.15, 0.2) is 12.1 Å². The van der Waals surface area contributed by atoms with Gasteiger partial charge in [0.1, 0.15) is 10.8 Å². The van der Waals surface area contributed by atoms with Crippen LogP contribution in [0.2, 0.25) is 5.02 Å². The van der Waals surface area contributed by atoms with Crippen molar-refractivity contribution in [1.82, 2.24) is 0 Å². The van der Waals surface area contributed by atoms with Crippen molar-refractivity contribution >= 4 is 39.8 Å². The zero-order chi connectivity index (χ0) is 18.0. The molecule has 0 aliphatic heterocycles. The first kappa shape index (κ1) is 18.3. The number of ether oxygens (including phenoxy) is 1. The summed E-state index contributed by atoms with van der Waals surface area (Å²) >= 11 is 7.43. The van der Waals surface area contributed by atoms with Gasteiger partial charge in [-0.3, -0.25) is 9.59 Å². The molecular formula is C17H19ClN2O3S. The Kier molecular flexibility index (Phi) is 5.51. The summed E-state index contributed by atoms with van der Waals surface area (Å²) in [5.74, 6) is -0.348. The minimum Gasteiger partial charge on any atom is -0.484 e. The fourth-order valence-corrected chi connectivity index (χ4v) is 3.50. The first-order valence-electron chi connectivity index (χ1n) is 7.30. The van der Waals surface area contributed by atoms with Gasteiger partial charge in [0.25, 0.3) is 11.8 Å². The lowest BCUT2D eigenvalue weighted by molar-refractivity contribution is -0.118. The third kappa shape index (κ3) is 3.88. The zero-order valence-electron chi connectivity index (χ0n) is 14.0. The molecule has 128 valence electrons. The van der Waals surface area contributed by atoms with Gasteiger partial charge in [0, 0.05) is 9.90 Å². The van der Waals surface area contributed by atoms with E-state index in [4.69, 9.17) is 22.1 Å². The Morgan fingerprint density at radius 3 is 2.33 bits per heavy atom. The van der Waals surface area contributed by atoms with E-state index >= 15 is 0 Å². The van der Waals surface area contributed by atoms with Crippen LogP contribution in [0.3, 0.4) is 0 Å². The van der Waals surface area contributed by atoms with Crippen LogP contribution < -0.4 is 15.8 Å². The molecule has 1 aromatic heterocycles. The van der Waals surface area contributed by atoms with E-state index in [2.05, 4.69) is 5.32 Å². The summed E-state index contributed by atoms with van der Waals surface area (Å²) in [7, 11) is 0. The molecule has 5 nitrogen and oxygen atoms in total. The smallest absolute Gasteiger partial charge is 0.262 e. The Hall–Kier alpha value is -2.05. The summed E-state index contributed by atoms with van der Waals surface area (Å²) in [6.07, 6.45) is 0. The number of aryl methyl sites for hydroxylation is 3. The van der Waals surface area contributed by atoms with E-state index < -0.39 is 5.91 Å². The number of hydrogen-bond donors (Lipinski definition) is 2. The average Bonchev–Trinajstić information content (AvgIpc) is 2.77. The second-order valence-electron chi connectivity index (χ2n) is 5.56. The number of carbonyl (C=O) groups is 2. The molecule has 0 spiro atoms. The number of anilines is 1. The molecule has 0 atom stereocenters. The van der Waals surface area contributed by atoms with Gasteiger partial charge in [0.05, 0.1) is 5.56 Å². The van der Waals surface area contributed by atoms with Crippen LogP contribution in [0.5, 0.6) is 5.75 Å². The third-order valence-electron chi connectivity index (χ3n) is 3.66. The van der Waals surface area contributed by atoms with E-state index in [9.17, 15) is 9.59 Å². The Morgan fingerprint density at radius 2 is 1.79 bits per heavy atom. The first-order valence-corrected chi connectivity index (χ1v) is 8.49. The van der Waals surface area contributed by atoms with E-state index in [1.807, 2.05) is 20.8 Å². The molecular weight excluding hydrogens is 348 g/mol. The lowest BCUT2D eigenvalue weighted by atomic mass is 10.1. The number of rotatable bonds is 5. The quantitative estimate of drug-likeness (QED) is 0.845. The van der Waals surface area contributed by atoms with E-state index in [1.54, 1.807) is 19.1 Å². The van der Waals surface area contributed by atoms with Crippen molar-refractivity contribution < 1.29 is 14.3 Å². The van der Waals surface area contributed by atoms with Gasteiger partial charge in [-0.25, -0.2) is 0 Å². The summed E-state index contributed by atoms with van der Waals surface area (Å²) in [6.45, 7) is 7.25. The van der Waals surface area contributed by atoms with Gasteiger partial charge in [0.15, 0.2) is 6.61 Å². The lowest BCUT2D eigenvalue weighted by Crippen LogP contribution is -2.22. The number of carbonyl (C=O) groups excluding carboxylic acids is 2. The van der Waals surface area contributed by atoms with E-state index in [0.29, 0.717) is 21.3 Å². The molecule has 24 heavy (non-hydrogen) atoms. The number of nitrogens with one attached hydrogen (secondary N) is 1. The number of thiophene rings is 1. The summed E-state index contributed by atoms with van der Waals surface area (Å²) < 4.78 is 5.51. The fourth-order valence-electron chi connectivity index (χ4n) is 2.31. The monoisotopic (exact) mass is 366 g/mol. The molecule has 0 aliphatic rings. The molecule has 0 unspecified atom stereocenters. The summed E-state index contributed by atoms with van der Waals surface area (Å²) in [6, 6.07) is 3.55. The maximum absolute atomic E-state index is 12.1. The van der Waals surface area contributed by atoms with Crippen LogP contribution in [-0.2, 0) is 4.79 Å². The number of primary amides is 1. The standard InChI is InChI=1S/C17H19ClN2O3S/c1-8-5-12(6-9(2)15(8)18)23-7-13(21)20-17-14(16(19)22)10(3)11(4)24-17/h5-6H,7H2,1-4H3,(H2,19,22)(H,20,21). The van der Waals surface area contributed by atoms with Gasteiger partial charge in [-0.05, 0) is 56.5 Å². The minimum absolute atomic E-state index is 0.172. The van der Waals surface area contributed by atoms with E-state index in [-0.39, 0.29) is 12.5 Å². The predicted octanol–water partition coefficient (Wildman–Crippen LogP) is 3.75. The second-order valence-corrected chi connectivity index (χ2v) is 7.16. The molecule has 0 saturated heterocycles. The molecule has 0 saturated carbocycles. The predicted molar refractivity (Wildman–Crippen MR) is 97.4 cm³/mol. The molecule has 2 aromatic rings.